The van der Waals surface area contributed by atoms with Crippen LogP contribution in [0.2, 0.25) is 5.02 Å². The number of amides is 1. The number of hydrogen-bond donors (Lipinski definition) is 1. The van der Waals surface area contributed by atoms with Crippen LogP contribution in [0.5, 0.6) is 0 Å². The molecule has 2 nitrogen and oxygen atoms in total. The molecule has 17 heavy (non-hydrogen) atoms. The molecule has 0 radical (unpaired) electrons. The summed E-state index contributed by atoms with van der Waals surface area (Å²) in [7, 11) is 0. The predicted octanol–water partition coefficient (Wildman–Crippen LogP) is 3.47. The fourth-order valence-corrected chi connectivity index (χ4v) is 1.99. The number of benzene rings is 1. The van der Waals surface area contributed by atoms with Gasteiger partial charge in [-0.1, -0.05) is 25.4 Å². The van der Waals surface area contributed by atoms with Gasteiger partial charge in [0, 0.05) is 11.9 Å². The van der Waals surface area contributed by atoms with Gasteiger partial charge in [-0.2, -0.15) is 0 Å². The Morgan fingerprint density at radius 2 is 2.12 bits per heavy atom. The monoisotopic (exact) mass is 277 g/mol. The molecule has 0 heterocycles. The van der Waals surface area contributed by atoms with Gasteiger partial charge in [-0.05, 0) is 24.1 Å². The van der Waals surface area contributed by atoms with Crippen LogP contribution in [0, 0.1) is 11.7 Å². The molecule has 0 saturated heterocycles. The number of halogens is 3. The van der Waals surface area contributed by atoms with E-state index in [4.69, 9.17) is 23.2 Å². The van der Waals surface area contributed by atoms with Crippen molar-refractivity contribution in [1.29, 1.82) is 0 Å². The zero-order valence-corrected chi connectivity index (χ0v) is 11.1. The molecule has 1 N–H and O–H groups in total. The van der Waals surface area contributed by atoms with Crippen LogP contribution < -0.4 is 5.32 Å². The SMILES string of the molecule is CC(C)C(CCl)NC(=O)c1ccc(F)cc1Cl. The van der Waals surface area contributed by atoms with E-state index in [1.165, 1.54) is 12.1 Å². The van der Waals surface area contributed by atoms with Gasteiger partial charge in [-0.3, -0.25) is 4.79 Å². The quantitative estimate of drug-likeness (QED) is 0.839. The smallest absolute Gasteiger partial charge is 0.253 e. The Kier molecular flexibility index (Phi) is 5.22. The summed E-state index contributed by atoms with van der Waals surface area (Å²) < 4.78 is 12.8. The number of carbonyl (C=O) groups is 1. The van der Waals surface area contributed by atoms with Crippen LogP contribution in [0.4, 0.5) is 4.39 Å². The molecule has 1 aromatic rings. The normalized spacial score (nSPS) is 12.6. The maximum atomic E-state index is 12.8. The van der Waals surface area contributed by atoms with Gasteiger partial charge >= 0.3 is 0 Å². The van der Waals surface area contributed by atoms with Gasteiger partial charge in [0.1, 0.15) is 5.82 Å². The highest BCUT2D eigenvalue weighted by Gasteiger charge is 2.18. The summed E-state index contributed by atoms with van der Waals surface area (Å²) in [4.78, 5) is 11.9. The Balaban J connectivity index is 2.82. The van der Waals surface area contributed by atoms with E-state index in [0.717, 1.165) is 6.07 Å². The maximum Gasteiger partial charge on any atom is 0.253 e. The first-order valence-electron chi connectivity index (χ1n) is 5.27. The summed E-state index contributed by atoms with van der Waals surface area (Å²) in [5.41, 5.74) is 0.254. The molecular weight excluding hydrogens is 264 g/mol. The van der Waals surface area contributed by atoms with Crippen molar-refractivity contribution in [2.45, 2.75) is 19.9 Å². The van der Waals surface area contributed by atoms with Crippen molar-refractivity contribution in [3.63, 3.8) is 0 Å². The minimum absolute atomic E-state index is 0.0968. The zero-order valence-electron chi connectivity index (χ0n) is 9.64. The second-order valence-corrected chi connectivity index (χ2v) is 4.82. The molecule has 0 aliphatic carbocycles. The molecule has 1 unspecified atom stereocenters. The van der Waals surface area contributed by atoms with Crippen LogP contribution in [0.3, 0.4) is 0 Å². The van der Waals surface area contributed by atoms with Gasteiger partial charge in [0.2, 0.25) is 0 Å². The van der Waals surface area contributed by atoms with Crippen molar-refractivity contribution in [1.82, 2.24) is 5.32 Å². The number of rotatable bonds is 4. The summed E-state index contributed by atoms with van der Waals surface area (Å²) in [6.07, 6.45) is 0. The molecule has 94 valence electrons. The van der Waals surface area contributed by atoms with Gasteiger partial charge in [0.15, 0.2) is 0 Å². The lowest BCUT2D eigenvalue weighted by Gasteiger charge is -2.20. The van der Waals surface area contributed by atoms with E-state index in [-0.39, 0.29) is 28.5 Å². The summed E-state index contributed by atoms with van der Waals surface area (Å²) >= 11 is 11.5. The molecule has 5 heteroatoms. The van der Waals surface area contributed by atoms with Gasteiger partial charge in [-0.15, -0.1) is 11.6 Å². The summed E-state index contributed by atoms with van der Waals surface area (Å²) in [5.74, 6) is -0.267. The number of carbonyl (C=O) groups excluding carboxylic acids is 1. The minimum atomic E-state index is -0.468. The Bertz CT molecular complexity index is 409. The molecule has 1 aromatic carbocycles. The Labute approximate surface area is 110 Å². The van der Waals surface area contributed by atoms with Crippen molar-refractivity contribution in [3.05, 3.63) is 34.6 Å². The average molecular weight is 278 g/mol. The van der Waals surface area contributed by atoms with Crippen LogP contribution in [-0.2, 0) is 0 Å². The van der Waals surface area contributed by atoms with Crippen molar-refractivity contribution < 1.29 is 9.18 Å². The van der Waals surface area contributed by atoms with Gasteiger partial charge in [0.05, 0.1) is 10.6 Å². The zero-order chi connectivity index (χ0) is 13.0. The highest BCUT2D eigenvalue weighted by Crippen LogP contribution is 2.17. The molecular formula is C12H14Cl2FNO. The summed E-state index contributed by atoms with van der Waals surface area (Å²) in [5, 5.41) is 2.86. The molecule has 1 atom stereocenters. The van der Waals surface area contributed by atoms with Gasteiger partial charge in [-0.25, -0.2) is 4.39 Å². The molecule has 0 saturated carbocycles. The third kappa shape index (κ3) is 3.86. The summed E-state index contributed by atoms with van der Waals surface area (Å²) in [6.45, 7) is 3.92. The van der Waals surface area contributed by atoms with Gasteiger partial charge in [0.25, 0.3) is 5.91 Å². The Hall–Kier alpha value is -0.800. The lowest BCUT2D eigenvalue weighted by molar-refractivity contribution is 0.0931. The fraction of sp³-hybridized carbons (Fsp3) is 0.417. The molecule has 1 amide bonds. The Morgan fingerprint density at radius 3 is 2.59 bits per heavy atom. The predicted molar refractivity (Wildman–Crippen MR) is 68.2 cm³/mol. The van der Waals surface area contributed by atoms with E-state index in [9.17, 15) is 9.18 Å². The molecule has 0 bridgehead atoms. The van der Waals surface area contributed by atoms with E-state index < -0.39 is 5.82 Å². The van der Waals surface area contributed by atoms with E-state index in [1.54, 1.807) is 0 Å². The maximum absolute atomic E-state index is 12.8. The number of nitrogens with one attached hydrogen (secondary N) is 1. The third-order valence-corrected chi connectivity index (χ3v) is 3.11. The van der Waals surface area contributed by atoms with Crippen molar-refractivity contribution in [2.24, 2.45) is 5.92 Å². The van der Waals surface area contributed by atoms with Crippen LogP contribution in [-0.4, -0.2) is 17.8 Å². The van der Waals surface area contributed by atoms with Crippen LogP contribution in [0.15, 0.2) is 18.2 Å². The topological polar surface area (TPSA) is 29.1 Å². The molecule has 0 aliphatic heterocycles. The lowest BCUT2D eigenvalue weighted by atomic mass is 10.1. The van der Waals surface area contributed by atoms with E-state index in [1.807, 2.05) is 13.8 Å². The molecule has 1 rings (SSSR count). The molecule has 0 aromatic heterocycles. The van der Waals surface area contributed by atoms with Crippen molar-refractivity contribution in [3.8, 4) is 0 Å². The van der Waals surface area contributed by atoms with Gasteiger partial charge < -0.3 is 5.32 Å². The molecule has 0 fully saturated rings. The second-order valence-electron chi connectivity index (χ2n) is 4.10. The van der Waals surface area contributed by atoms with Crippen molar-refractivity contribution >= 4 is 29.1 Å². The first-order valence-corrected chi connectivity index (χ1v) is 6.18. The molecule has 0 spiro atoms. The highest BCUT2D eigenvalue weighted by molar-refractivity contribution is 6.33. The van der Waals surface area contributed by atoms with E-state index >= 15 is 0 Å². The molecule has 0 aliphatic rings. The Morgan fingerprint density at radius 1 is 1.47 bits per heavy atom. The average Bonchev–Trinajstić information content (AvgIpc) is 2.24. The number of alkyl halides is 1. The van der Waals surface area contributed by atoms with Crippen LogP contribution >= 0.6 is 23.2 Å². The number of hydrogen-bond acceptors (Lipinski definition) is 1. The third-order valence-electron chi connectivity index (χ3n) is 2.46. The largest absolute Gasteiger partial charge is 0.348 e. The minimum Gasteiger partial charge on any atom is -0.348 e. The van der Waals surface area contributed by atoms with Crippen LogP contribution in [0.25, 0.3) is 0 Å². The second kappa shape index (κ2) is 6.22. The highest BCUT2D eigenvalue weighted by atomic mass is 35.5. The first-order chi connectivity index (χ1) is 7.95. The van der Waals surface area contributed by atoms with E-state index in [0.29, 0.717) is 5.88 Å². The van der Waals surface area contributed by atoms with Crippen molar-refractivity contribution in [2.75, 3.05) is 5.88 Å². The first kappa shape index (κ1) is 14.3. The van der Waals surface area contributed by atoms with E-state index in [2.05, 4.69) is 5.32 Å². The fourth-order valence-electron chi connectivity index (χ4n) is 1.30. The summed E-state index contributed by atoms with van der Waals surface area (Å²) in [6, 6.07) is 3.54. The standard InChI is InChI=1S/C12H14Cl2FNO/c1-7(2)11(6-13)16-12(17)9-4-3-8(15)5-10(9)14/h3-5,7,11H,6H2,1-2H3,(H,16,17). The van der Waals surface area contributed by atoms with Crippen LogP contribution in [0.1, 0.15) is 24.2 Å². The lowest BCUT2D eigenvalue weighted by Crippen LogP contribution is -2.39.